The van der Waals surface area contributed by atoms with Gasteiger partial charge in [0.05, 0.1) is 17.1 Å². The average Bonchev–Trinajstić information content (AvgIpc) is 2.77. The van der Waals surface area contributed by atoms with Crippen LogP contribution in [0.25, 0.3) is 22.3 Å². The van der Waals surface area contributed by atoms with E-state index in [9.17, 15) is 4.79 Å². The normalized spacial score (nSPS) is 12.0. The van der Waals surface area contributed by atoms with Gasteiger partial charge in [0.15, 0.2) is 11.2 Å². The molecule has 0 unspecified atom stereocenters. The lowest BCUT2D eigenvalue weighted by molar-refractivity contribution is 0.605. The summed E-state index contributed by atoms with van der Waals surface area (Å²) < 4.78 is 6.35. The van der Waals surface area contributed by atoms with Gasteiger partial charge in [-0.15, -0.1) is 0 Å². The second-order valence-electron chi connectivity index (χ2n) is 7.50. The predicted molar refractivity (Wildman–Crippen MR) is 126 cm³/mol. The Labute approximate surface area is 185 Å². The van der Waals surface area contributed by atoms with Gasteiger partial charge in [-0.2, -0.15) is 0 Å². The van der Waals surface area contributed by atoms with Gasteiger partial charge in [0.1, 0.15) is 16.5 Å². The van der Waals surface area contributed by atoms with E-state index in [1.807, 2.05) is 44.2 Å². The Morgan fingerprint density at radius 1 is 1.16 bits per heavy atom. The van der Waals surface area contributed by atoms with Crippen LogP contribution in [0.3, 0.4) is 0 Å². The molecule has 31 heavy (non-hydrogen) atoms. The van der Waals surface area contributed by atoms with Gasteiger partial charge in [-0.1, -0.05) is 17.7 Å². The quantitative estimate of drug-likeness (QED) is 0.390. The van der Waals surface area contributed by atoms with Gasteiger partial charge in [-0.3, -0.25) is 9.78 Å². The summed E-state index contributed by atoms with van der Waals surface area (Å²) in [6.07, 6.45) is 3.39. The van der Waals surface area contributed by atoms with E-state index in [1.54, 1.807) is 32.4 Å². The van der Waals surface area contributed by atoms with E-state index in [0.29, 0.717) is 33.3 Å². The van der Waals surface area contributed by atoms with Gasteiger partial charge in [0, 0.05) is 36.1 Å². The highest BCUT2D eigenvalue weighted by Crippen LogP contribution is 2.33. The van der Waals surface area contributed by atoms with Crippen molar-refractivity contribution in [1.29, 1.82) is 0 Å². The Hall–Kier alpha value is -3.38. The van der Waals surface area contributed by atoms with Gasteiger partial charge in [-0.05, 0) is 56.7 Å². The number of halogens is 1. The van der Waals surface area contributed by atoms with Crippen LogP contribution >= 0.6 is 11.6 Å². The molecule has 0 saturated carbocycles. The Morgan fingerprint density at radius 3 is 2.68 bits per heavy atom. The summed E-state index contributed by atoms with van der Waals surface area (Å²) >= 11 is 6.02. The monoisotopic (exact) mass is 434 g/mol. The maximum atomic E-state index is 13.2. The smallest absolute Gasteiger partial charge is 0.196 e. The second kappa shape index (κ2) is 8.40. The van der Waals surface area contributed by atoms with Crippen molar-refractivity contribution in [2.75, 3.05) is 17.7 Å². The zero-order chi connectivity index (χ0) is 22.1. The van der Waals surface area contributed by atoms with Gasteiger partial charge in [0.2, 0.25) is 0 Å². The third-order valence-corrected chi connectivity index (χ3v) is 5.46. The number of aryl methyl sites for hydroxylation is 1. The lowest BCUT2D eigenvalue weighted by atomic mass is 9.99. The van der Waals surface area contributed by atoms with Crippen molar-refractivity contribution in [3.8, 4) is 11.3 Å². The van der Waals surface area contributed by atoms with E-state index < -0.39 is 0 Å². The van der Waals surface area contributed by atoms with Crippen LogP contribution in [0.15, 0.2) is 58.0 Å². The number of nitrogens with zero attached hydrogens (tertiary/aromatic N) is 2. The summed E-state index contributed by atoms with van der Waals surface area (Å²) in [5.41, 5.74) is 4.53. The molecule has 1 aromatic carbocycles. The van der Waals surface area contributed by atoms with Crippen LogP contribution in [0.2, 0.25) is 5.15 Å². The summed E-state index contributed by atoms with van der Waals surface area (Å²) in [6, 6.07) is 11.1. The van der Waals surface area contributed by atoms with Crippen LogP contribution in [-0.4, -0.2) is 17.0 Å². The third-order valence-electron chi connectivity index (χ3n) is 5.25. The molecule has 0 aliphatic carbocycles. The molecular formula is C24H23ClN4O2. The fraction of sp³-hybridized carbons (Fsp3) is 0.208. The van der Waals surface area contributed by atoms with E-state index in [4.69, 9.17) is 16.0 Å². The molecule has 0 saturated heterocycles. The Kier molecular flexibility index (Phi) is 5.65. The van der Waals surface area contributed by atoms with E-state index in [1.165, 1.54) is 0 Å². The third kappa shape index (κ3) is 3.99. The molecule has 158 valence electrons. The summed E-state index contributed by atoms with van der Waals surface area (Å²) in [5.74, 6) is 1.18. The summed E-state index contributed by atoms with van der Waals surface area (Å²) in [5, 5.41) is 7.49. The van der Waals surface area contributed by atoms with Gasteiger partial charge in [0.25, 0.3) is 0 Å². The molecular weight excluding hydrogens is 412 g/mol. The number of nitrogens with one attached hydrogen (secondary N) is 2. The number of aromatic nitrogens is 2. The molecule has 4 rings (SSSR count). The first-order chi connectivity index (χ1) is 14.9. The first kappa shape index (κ1) is 20.9. The van der Waals surface area contributed by atoms with Crippen LogP contribution in [0.4, 0.5) is 11.5 Å². The van der Waals surface area contributed by atoms with Crippen molar-refractivity contribution in [3.05, 3.63) is 80.9 Å². The predicted octanol–water partition coefficient (Wildman–Crippen LogP) is 5.74. The molecule has 7 heteroatoms. The van der Waals surface area contributed by atoms with Crippen LogP contribution < -0.4 is 16.1 Å². The fourth-order valence-corrected chi connectivity index (χ4v) is 3.86. The van der Waals surface area contributed by atoms with Crippen molar-refractivity contribution in [2.24, 2.45) is 0 Å². The standard InChI is InChI=1S/C24H23ClN4O2/c1-13-10-17(15(3)28-19-7-8-20(25)29-24(19)26-4)23-18(11-13)21(30)14(2)22(31-23)16-6-5-9-27-12-16/h5-12,15,28H,1-4H3,(H,26,29)/t15-/m1/s1. The van der Waals surface area contributed by atoms with Crippen molar-refractivity contribution in [1.82, 2.24) is 9.97 Å². The first-order valence-electron chi connectivity index (χ1n) is 9.98. The second-order valence-corrected chi connectivity index (χ2v) is 7.89. The van der Waals surface area contributed by atoms with Crippen molar-refractivity contribution < 1.29 is 4.42 Å². The maximum absolute atomic E-state index is 13.2. The van der Waals surface area contributed by atoms with Gasteiger partial charge in [-0.25, -0.2) is 4.98 Å². The number of anilines is 2. The van der Waals surface area contributed by atoms with Crippen molar-refractivity contribution in [3.63, 3.8) is 0 Å². The Balaban J connectivity index is 1.88. The van der Waals surface area contributed by atoms with Crippen molar-refractivity contribution >= 4 is 34.1 Å². The van der Waals surface area contributed by atoms with Crippen molar-refractivity contribution in [2.45, 2.75) is 26.8 Å². The Bertz CT molecular complexity index is 1320. The van der Waals surface area contributed by atoms with Crippen LogP contribution in [0, 0.1) is 13.8 Å². The summed E-state index contributed by atoms with van der Waals surface area (Å²) in [7, 11) is 1.79. The number of hydrogen-bond acceptors (Lipinski definition) is 6. The highest BCUT2D eigenvalue weighted by Gasteiger charge is 2.19. The van der Waals surface area contributed by atoms with E-state index >= 15 is 0 Å². The van der Waals surface area contributed by atoms with E-state index in [0.717, 1.165) is 22.4 Å². The molecule has 2 N–H and O–H groups in total. The number of hydrogen-bond donors (Lipinski definition) is 2. The van der Waals surface area contributed by atoms with Gasteiger partial charge >= 0.3 is 0 Å². The molecule has 0 radical (unpaired) electrons. The molecule has 0 spiro atoms. The van der Waals surface area contributed by atoms with E-state index in [-0.39, 0.29) is 11.5 Å². The highest BCUT2D eigenvalue weighted by molar-refractivity contribution is 6.29. The average molecular weight is 435 g/mol. The molecule has 0 aliphatic heterocycles. The topological polar surface area (TPSA) is 80.0 Å². The molecule has 6 nitrogen and oxygen atoms in total. The minimum absolute atomic E-state index is 0.0404. The molecule has 0 fully saturated rings. The molecule has 1 atom stereocenters. The van der Waals surface area contributed by atoms with Gasteiger partial charge < -0.3 is 15.1 Å². The zero-order valence-electron chi connectivity index (χ0n) is 17.8. The number of benzene rings is 1. The fourth-order valence-electron chi connectivity index (χ4n) is 3.72. The SMILES string of the molecule is CNc1nc(Cl)ccc1N[C@H](C)c1cc(C)cc2c(=O)c(C)c(-c3cccnc3)oc12. The first-order valence-corrected chi connectivity index (χ1v) is 10.4. The van der Waals surface area contributed by atoms with Crippen LogP contribution in [-0.2, 0) is 0 Å². The largest absolute Gasteiger partial charge is 0.455 e. The molecule has 3 aromatic heterocycles. The minimum atomic E-state index is -0.162. The van der Waals surface area contributed by atoms with Crippen LogP contribution in [0.1, 0.15) is 29.7 Å². The minimum Gasteiger partial charge on any atom is -0.455 e. The highest BCUT2D eigenvalue weighted by atomic mass is 35.5. The number of rotatable bonds is 5. The zero-order valence-corrected chi connectivity index (χ0v) is 18.5. The molecule has 3 heterocycles. The molecule has 0 bridgehead atoms. The Morgan fingerprint density at radius 2 is 1.97 bits per heavy atom. The number of fused-ring (bicyclic) bond motifs is 1. The summed E-state index contributed by atoms with van der Waals surface area (Å²) in [6.45, 7) is 5.78. The molecule has 4 aromatic rings. The van der Waals surface area contributed by atoms with E-state index in [2.05, 4.69) is 20.6 Å². The lowest BCUT2D eigenvalue weighted by Gasteiger charge is -2.20. The summed E-state index contributed by atoms with van der Waals surface area (Å²) in [4.78, 5) is 21.7. The lowest BCUT2D eigenvalue weighted by Crippen LogP contribution is -2.13. The molecule has 0 amide bonds. The molecule has 0 aliphatic rings. The van der Waals surface area contributed by atoms with Crippen LogP contribution in [0.5, 0.6) is 0 Å². The number of pyridine rings is 2. The maximum Gasteiger partial charge on any atom is 0.196 e.